The van der Waals surface area contributed by atoms with Gasteiger partial charge in [0, 0.05) is 31.9 Å². The molecule has 140 valence electrons. The largest absolute Gasteiger partial charge is 0.384 e. The summed E-state index contributed by atoms with van der Waals surface area (Å²) in [6.45, 7) is 7.47. The summed E-state index contributed by atoms with van der Waals surface area (Å²) in [6, 6.07) is 4.07. The number of hydrogen-bond acceptors (Lipinski definition) is 6. The minimum atomic E-state index is -3.88. The number of benzene rings is 1. The summed E-state index contributed by atoms with van der Waals surface area (Å²) < 4.78 is 28.5. The van der Waals surface area contributed by atoms with Crippen molar-refractivity contribution < 1.29 is 17.9 Å². The number of rotatable bonds is 7. The van der Waals surface area contributed by atoms with Gasteiger partial charge in [-0.15, -0.1) is 0 Å². The van der Waals surface area contributed by atoms with E-state index in [1.807, 2.05) is 0 Å². The SMILES string of the molecule is CC1CN(CCCNc2ccc(S(N)(=O)=O)cc2C(N)=O)CC(C)O1. The maximum atomic E-state index is 11.6. The molecule has 8 nitrogen and oxygen atoms in total. The quantitative estimate of drug-likeness (QED) is 0.594. The van der Waals surface area contributed by atoms with Crippen molar-refractivity contribution in [2.45, 2.75) is 37.4 Å². The van der Waals surface area contributed by atoms with Gasteiger partial charge in [0.05, 0.1) is 22.7 Å². The molecule has 1 aromatic carbocycles. The van der Waals surface area contributed by atoms with Crippen molar-refractivity contribution in [2.75, 3.05) is 31.5 Å². The van der Waals surface area contributed by atoms with Crippen molar-refractivity contribution in [3.05, 3.63) is 23.8 Å². The molecule has 1 saturated heterocycles. The van der Waals surface area contributed by atoms with Gasteiger partial charge < -0.3 is 15.8 Å². The van der Waals surface area contributed by atoms with Crippen LogP contribution in [0.25, 0.3) is 0 Å². The summed E-state index contributed by atoms with van der Waals surface area (Å²) in [6.07, 6.45) is 1.32. The van der Waals surface area contributed by atoms with Crippen molar-refractivity contribution in [3.8, 4) is 0 Å². The molecule has 0 bridgehead atoms. The second kappa shape index (κ2) is 8.13. The van der Waals surface area contributed by atoms with Crippen LogP contribution in [0.2, 0.25) is 0 Å². The average Bonchev–Trinajstić information content (AvgIpc) is 2.49. The number of ether oxygens (including phenoxy) is 1. The number of hydrogen-bond donors (Lipinski definition) is 3. The van der Waals surface area contributed by atoms with E-state index < -0.39 is 15.9 Å². The Labute approximate surface area is 148 Å². The van der Waals surface area contributed by atoms with Crippen molar-refractivity contribution in [2.24, 2.45) is 10.9 Å². The normalized spacial score (nSPS) is 21.9. The fourth-order valence-electron chi connectivity index (χ4n) is 3.05. The number of morpholine rings is 1. The number of nitrogens with two attached hydrogens (primary N) is 2. The fourth-order valence-corrected chi connectivity index (χ4v) is 3.59. The molecule has 0 aliphatic carbocycles. The summed E-state index contributed by atoms with van der Waals surface area (Å²) in [5, 5.41) is 8.23. The summed E-state index contributed by atoms with van der Waals surface area (Å²) >= 11 is 0. The number of carbonyl (C=O) groups is 1. The lowest BCUT2D eigenvalue weighted by Crippen LogP contribution is -2.45. The van der Waals surface area contributed by atoms with Crippen LogP contribution >= 0.6 is 0 Å². The lowest BCUT2D eigenvalue weighted by atomic mass is 10.1. The molecule has 1 aliphatic rings. The summed E-state index contributed by atoms with van der Waals surface area (Å²) in [4.78, 5) is 13.8. The van der Waals surface area contributed by atoms with E-state index in [9.17, 15) is 13.2 Å². The van der Waals surface area contributed by atoms with Gasteiger partial charge in [0.25, 0.3) is 5.91 Å². The van der Waals surface area contributed by atoms with Crippen LogP contribution in [0.3, 0.4) is 0 Å². The first kappa shape index (κ1) is 19.6. The molecule has 25 heavy (non-hydrogen) atoms. The third-order valence-electron chi connectivity index (χ3n) is 4.05. The number of primary sulfonamides is 1. The van der Waals surface area contributed by atoms with Gasteiger partial charge in [-0.2, -0.15) is 0 Å². The zero-order valence-electron chi connectivity index (χ0n) is 14.6. The van der Waals surface area contributed by atoms with Gasteiger partial charge in [0.1, 0.15) is 0 Å². The molecule has 1 fully saturated rings. The van der Waals surface area contributed by atoms with E-state index >= 15 is 0 Å². The third kappa shape index (κ3) is 5.67. The first-order valence-corrected chi connectivity index (χ1v) is 9.80. The molecule has 2 rings (SSSR count). The van der Waals surface area contributed by atoms with Crippen LogP contribution in [0.15, 0.2) is 23.1 Å². The maximum Gasteiger partial charge on any atom is 0.250 e. The Balaban J connectivity index is 1.93. The maximum absolute atomic E-state index is 11.6. The van der Waals surface area contributed by atoms with E-state index in [1.54, 1.807) is 0 Å². The van der Waals surface area contributed by atoms with Crippen LogP contribution in [0.5, 0.6) is 0 Å². The Morgan fingerprint density at radius 3 is 2.52 bits per heavy atom. The number of primary amides is 1. The van der Waals surface area contributed by atoms with E-state index in [4.69, 9.17) is 15.6 Å². The highest BCUT2D eigenvalue weighted by molar-refractivity contribution is 7.89. The van der Waals surface area contributed by atoms with Crippen LogP contribution < -0.4 is 16.2 Å². The standard InChI is InChI=1S/C16H26N4O4S/c1-11-9-20(10-12(2)24-11)7-3-6-19-15-5-4-13(25(18,22)23)8-14(15)16(17)21/h4-5,8,11-12,19H,3,6-7,9-10H2,1-2H3,(H2,17,21)(H2,18,22,23). The zero-order valence-corrected chi connectivity index (χ0v) is 15.4. The van der Waals surface area contributed by atoms with Gasteiger partial charge in [-0.25, -0.2) is 13.6 Å². The van der Waals surface area contributed by atoms with Crippen LogP contribution in [-0.4, -0.2) is 57.6 Å². The van der Waals surface area contributed by atoms with Crippen LogP contribution in [0.4, 0.5) is 5.69 Å². The molecule has 1 aliphatic heterocycles. The van der Waals surface area contributed by atoms with E-state index in [2.05, 4.69) is 24.1 Å². The molecule has 0 radical (unpaired) electrons. The van der Waals surface area contributed by atoms with Gasteiger partial charge in [0.15, 0.2) is 0 Å². The molecule has 9 heteroatoms. The Hall–Kier alpha value is -1.68. The number of nitrogens with one attached hydrogen (secondary N) is 1. The van der Waals surface area contributed by atoms with Crippen molar-refractivity contribution in [1.29, 1.82) is 0 Å². The first-order valence-electron chi connectivity index (χ1n) is 8.25. The summed E-state index contributed by atoms with van der Waals surface area (Å²) in [5.41, 5.74) is 5.96. The Morgan fingerprint density at radius 2 is 1.96 bits per heavy atom. The molecule has 1 amide bonds. The highest BCUT2D eigenvalue weighted by Crippen LogP contribution is 2.20. The number of carbonyl (C=O) groups excluding carboxylic acids is 1. The van der Waals surface area contributed by atoms with E-state index in [1.165, 1.54) is 18.2 Å². The molecule has 5 N–H and O–H groups in total. The van der Waals surface area contributed by atoms with Gasteiger partial charge >= 0.3 is 0 Å². The Bertz CT molecular complexity index is 713. The van der Waals surface area contributed by atoms with Crippen molar-refractivity contribution in [1.82, 2.24) is 4.90 Å². The Kier molecular flexibility index (Phi) is 6.39. The van der Waals surface area contributed by atoms with E-state index in [0.29, 0.717) is 12.2 Å². The van der Waals surface area contributed by atoms with Crippen molar-refractivity contribution >= 4 is 21.6 Å². The molecule has 1 aromatic rings. The third-order valence-corrected chi connectivity index (χ3v) is 4.96. The summed E-state index contributed by atoms with van der Waals surface area (Å²) in [5.74, 6) is -0.705. The molecule has 1 heterocycles. The van der Waals surface area contributed by atoms with E-state index in [0.717, 1.165) is 26.1 Å². The molecule has 2 unspecified atom stereocenters. The smallest absolute Gasteiger partial charge is 0.250 e. The lowest BCUT2D eigenvalue weighted by molar-refractivity contribution is -0.0678. The molecule has 0 saturated carbocycles. The topological polar surface area (TPSA) is 128 Å². The highest BCUT2D eigenvalue weighted by atomic mass is 32.2. The molecule has 0 aromatic heterocycles. The number of sulfonamides is 1. The first-order chi connectivity index (χ1) is 11.7. The van der Waals surface area contributed by atoms with Gasteiger partial charge in [-0.1, -0.05) is 0 Å². The van der Waals surface area contributed by atoms with Crippen LogP contribution in [0.1, 0.15) is 30.6 Å². The molecule has 2 atom stereocenters. The van der Waals surface area contributed by atoms with Gasteiger partial charge in [-0.3, -0.25) is 9.69 Å². The minimum Gasteiger partial charge on any atom is -0.384 e. The zero-order chi connectivity index (χ0) is 18.6. The van der Waals surface area contributed by atoms with Gasteiger partial charge in [-0.05, 0) is 38.5 Å². The molecule has 0 spiro atoms. The lowest BCUT2D eigenvalue weighted by Gasteiger charge is -2.35. The van der Waals surface area contributed by atoms with Crippen LogP contribution in [0, 0.1) is 0 Å². The fraction of sp³-hybridized carbons (Fsp3) is 0.562. The minimum absolute atomic E-state index is 0.111. The second-order valence-corrected chi connectivity index (χ2v) is 7.98. The number of amides is 1. The summed E-state index contributed by atoms with van der Waals surface area (Å²) in [7, 11) is -3.88. The second-order valence-electron chi connectivity index (χ2n) is 6.41. The predicted octanol–water partition coefficient (Wildman–Crippen LogP) is 0.344. The van der Waals surface area contributed by atoms with Crippen LogP contribution in [-0.2, 0) is 14.8 Å². The predicted molar refractivity (Wildman–Crippen MR) is 95.9 cm³/mol. The highest BCUT2D eigenvalue weighted by Gasteiger charge is 2.21. The van der Waals surface area contributed by atoms with Gasteiger partial charge in [0.2, 0.25) is 10.0 Å². The molecular weight excluding hydrogens is 344 g/mol. The monoisotopic (exact) mass is 370 g/mol. The average molecular weight is 370 g/mol. The molecular formula is C16H26N4O4S. The number of anilines is 1. The Morgan fingerprint density at radius 1 is 1.32 bits per heavy atom. The van der Waals surface area contributed by atoms with E-state index in [-0.39, 0.29) is 22.7 Å². The number of nitrogens with zero attached hydrogens (tertiary/aromatic N) is 1. The van der Waals surface area contributed by atoms with Crippen molar-refractivity contribution in [3.63, 3.8) is 0 Å².